The van der Waals surface area contributed by atoms with Gasteiger partial charge in [-0.2, -0.15) is 0 Å². The minimum Gasteiger partial charge on any atom is -0.451 e. The summed E-state index contributed by atoms with van der Waals surface area (Å²) in [5, 5.41) is 0. The van der Waals surface area contributed by atoms with E-state index in [0.717, 1.165) is 0 Å². The van der Waals surface area contributed by atoms with Gasteiger partial charge in [0.25, 0.3) is 0 Å². The van der Waals surface area contributed by atoms with E-state index in [0.29, 0.717) is 11.3 Å². The number of nitrogen functional groups attached to an aromatic ring is 1. The Morgan fingerprint density at radius 1 is 1.17 bits per heavy atom. The fraction of sp³-hybridized carbons (Fsp3) is 0.0667. The molecule has 3 rings (SSSR count). The first kappa shape index (κ1) is 14.6. The molecule has 0 bridgehead atoms. The highest BCUT2D eigenvalue weighted by atomic mass is 19.1. The number of esters is 1. The highest BCUT2D eigenvalue weighted by Crippen LogP contribution is 2.21. The molecule has 2 aromatic heterocycles. The summed E-state index contributed by atoms with van der Waals surface area (Å²) >= 11 is 0. The van der Waals surface area contributed by atoms with Crippen molar-refractivity contribution in [1.29, 1.82) is 0 Å². The lowest BCUT2D eigenvalue weighted by molar-refractivity contribution is 0.0433. The van der Waals surface area contributed by atoms with Crippen LogP contribution in [0.4, 0.5) is 10.2 Å². The smallest absolute Gasteiger partial charge is 0.361 e. The van der Waals surface area contributed by atoms with Crippen LogP contribution in [0.2, 0.25) is 0 Å². The second-order valence-electron chi connectivity index (χ2n) is 4.49. The maximum atomic E-state index is 12.9. The van der Waals surface area contributed by atoms with Crippen LogP contribution in [-0.2, 0) is 11.3 Å². The second kappa shape index (κ2) is 6.22. The number of hydrogen-bond donors (Lipinski definition) is 1. The molecule has 2 N–H and O–H groups in total. The Balaban J connectivity index is 1.67. The zero-order valence-electron chi connectivity index (χ0n) is 11.8. The second-order valence-corrected chi connectivity index (χ2v) is 4.49. The minimum atomic E-state index is -0.725. The molecule has 0 aliphatic rings. The summed E-state index contributed by atoms with van der Waals surface area (Å²) in [5.74, 6) is -0.451. The van der Waals surface area contributed by atoms with Gasteiger partial charge in [-0.1, -0.05) is 0 Å². The number of carbonyl (C=O) groups is 1. The number of nitrogens with zero attached hydrogens (tertiary/aromatic N) is 3. The van der Waals surface area contributed by atoms with Gasteiger partial charge < -0.3 is 14.9 Å². The number of aromatic nitrogens is 3. The molecule has 3 aromatic rings. The van der Waals surface area contributed by atoms with Crippen LogP contribution in [0.3, 0.4) is 0 Å². The van der Waals surface area contributed by atoms with Crippen molar-refractivity contribution in [1.82, 2.24) is 15.0 Å². The highest BCUT2D eigenvalue weighted by molar-refractivity contribution is 5.91. The third-order valence-corrected chi connectivity index (χ3v) is 2.93. The largest absolute Gasteiger partial charge is 0.451 e. The summed E-state index contributed by atoms with van der Waals surface area (Å²) in [6.07, 6.45) is 4.17. The molecule has 116 valence electrons. The van der Waals surface area contributed by atoms with E-state index >= 15 is 0 Å². The van der Waals surface area contributed by atoms with E-state index in [1.54, 1.807) is 12.1 Å². The van der Waals surface area contributed by atoms with Crippen molar-refractivity contribution in [2.24, 2.45) is 0 Å². The number of hydrogen-bond acceptors (Lipinski definition) is 7. The number of nitrogens with two attached hydrogens (primary N) is 1. The molecule has 2 heterocycles. The van der Waals surface area contributed by atoms with E-state index in [-0.39, 0.29) is 29.8 Å². The Morgan fingerprint density at radius 2 is 1.91 bits per heavy atom. The van der Waals surface area contributed by atoms with Crippen LogP contribution in [0.5, 0.6) is 0 Å². The summed E-state index contributed by atoms with van der Waals surface area (Å²) < 4.78 is 23.4. The Labute approximate surface area is 130 Å². The van der Waals surface area contributed by atoms with Gasteiger partial charge in [0, 0.05) is 18.0 Å². The number of ether oxygens (including phenoxy) is 1. The van der Waals surface area contributed by atoms with Crippen LogP contribution in [0.25, 0.3) is 11.3 Å². The molecule has 23 heavy (non-hydrogen) atoms. The molecule has 0 saturated heterocycles. The van der Waals surface area contributed by atoms with Crippen molar-refractivity contribution < 1.29 is 18.3 Å². The molecule has 0 aliphatic heterocycles. The van der Waals surface area contributed by atoms with Crippen molar-refractivity contribution in [3.8, 4) is 11.3 Å². The van der Waals surface area contributed by atoms with Crippen molar-refractivity contribution in [3.05, 3.63) is 60.3 Å². The van der Waals surface area contributed by atoms with E-state index in [4.69, 9.17) is 14.9 Å². The Bertz CT molecular complexity index is 833. The molecule has 0 saturated carbocycles. The highest BCUT2D eigenvalue weighted by Gasteiger charge is 2.15. The first-order valence-corrected chi connectivity index (χ1v) is 6.58. The third kappa shape index (κ3) is 3.31. The van der Waals surface area contributed by atoms with Crippen molar-refractivity contribution >= 4 is 11.8 Å². The molecule has 0 radical (unpaired) electrons. The Hall–Kier alpha value is -3.29. The van der Waals surface area contributed by atoms with Gasteiger partial charge in [-0.15, -0.1) is 0 Å². The number of halogens is 1. The molecule has 0 fully saturated rings. The first-order chi connectivity index (χ1) is 11.1. The van der Waals surface area contributed by atoms with Crippen molar-refractivity contribution in [3.63, 3.8) is 0 Å². The molecule has 0 aliphatic carbocycles. The maximum absolute atomic E-state index is 12.9. The van der Waals surface area contributed by atoms with E-state index < -0.39 is 5.97 Å². The van der Waals surface area contributed by atoms with Crippen LogP contribution in [0.15, 0.2) is 47.3 Å². The number of anilines is 1. The molecule has 0 amide bonds. The molecular weight excluding hydrogens is 303 g/mol. The summed E-state index contributed by atoms with van der Waals surface area (Å²) in [6, 6.07) is 5.75. The van der Waals surface area contributed by atoms with Gasteiger partial charge >= 0.3 is 5.97 Å². The average Bonchev–Trinajstić information content (AvgIpc) is 3.03. The molecule has 7 nitrogen and oxygen atoms in total. The maximum Gasteiger partial charge on any atom is 0.361 e. The van der Waals surface area contributed by atoms with Gasteiger partial charge in [-0.05, 0) is 24.3 Å². The van der Waals surface area contributed by atoms with Gasteiger partial charge in [-0.25, -0.2) is 24.1 Å². The monoisotopic (exact) mass is 314 g/mol. The normalized spacial score (nSPS) is 10.5. The number of carbonyl (C=O) groups excluding carboxylic acids is 1. The van der Waals surface area contributed by atoms with Crippen molar-refractivity contribution in [2.45, 2.75) is 6.61 Å². The number of oxazole rings is 1. The SMILES string of the molecule is Nc1nccnc1C(=O)OCc1ncc(-c2ccc(F)cc2)o1. The fourth-order valence-electron chi connectivity index (χ4n) is 1.83. The summed E-state index contributed by atoms with van der Waals surface area (Å²) in [5.41, 5.74) is 6.13. The topological polar surface area (TPSA) is 104 Å². The van der Waals surface area contributed by atoms with Gasteiger partial charge in [0.05, 0.1) is 6.20 Å². The van der Waals surface area contributed by atoms with Crippen LogP contribution >= 0.6 is 0 Å². The fourth-order valence-corrected chi connectivity index (χ4v) is 1.83. The van der Waals surface area contributed by atoms with Gasteiger partial charge in [0.1, 0.15) is 5.82 Å². The zero-order chi connectivity index (χ0) is 16.2. The third-order valence-electron chi connectivity index (χ3n) is 2.93. The average molecular weight is 314 g/mol. The lowest BCUT2D eigenvalue weighted by Gasteiger charge is -2.03. The van der Waals surface area contributed by atoms with Gasteiger partial charge in [0.15, 0.2) is 23.9 Å². The van der Waals surface area contributed by atoms with E-state index in [9.17, 15) is 9.18 Å². The molecule has 1 aromatic carbocycles. The Morgan fingerprint density at radius 3 is 2.65 bits per heavy atom. The lowest BCUT2D eigenvalue weighted by atomic mass is 10.2. The predicted octanol–water partition coefficient (Wildman–Crippen LogP) is 2.21. The summed E-state index contributed by atoms with van der Waals surface area (Å²) in [6.45, 7) is -0.184. The molecule has 8 heteroatoms. The van der Waals surface area contributed by atoms with Gasteiger partial charge in [-0.3, -0.25) is 0 Å². The number of rotatable bonds is 4. The van der Waals surface area contributed by atoms with E-state index in [1.165, 1.54) is 30.7 Å². The molecule has 0 atom stereocenters. The van der Waals surface area contributed by atoms with Crippen LogP contribution in [-0.4, -0.2) is 20.9 Å². The summed E-state index contributed by atoms with van der Waals surface area (Å²) in [4.78, 5) is 23.4. The standard InChI is InChI=1S/C15H11FN4O3/c16-10-3-1-9(2-4-10)11-7-20-12(23-11)8-22-15(21)13-14(17)19-6-5-18-13/h1-7H,8H2,(H2,17,19). The van der Waals surface area contributed by atoms with Crippen LogP contribution in [0, 0.1) is 5.82 Å². The summed E-state index contributed by atoms with van der Waals surface area (Å²) in [7, 11) is 0. The Kier molecular flexibility index (Phi) is 3.96. The quantitative estimate of drug-likeness (QED) is 0.736. The lowest BCUT2D eigenvalue weighted by Crippen LogP contribution is -2.11. The van der Waals surface area contributed by atoms with Crippen molar-refractivity contribution in [2.75, 3.05) is 5.73 Å². The van der Waals surface area contributed by atoms with Gasteiger partial charge in [0.2, 0.25) is 5.89 Å². The van der Waals surface area contributed by atoms with E-state index in [1.807, 2.05) is 0 Å². The number of benzene rings is 1. The van der Waals surface area contributed by atoms with Crippen LogP contribution < -0.4 is 5.73 Å². The molecule has 0 spiro atoms. The van der Waals surface area contributed by atoms with Crippen LogP contribution in [0.1, 0.15) is 16.4 Å². The van der Waals surface area contributed by atoms with E-state index in [2.05, 4.69) is 15.0 Å². The minimum absolute atomic E-state index is 0.0168. The predicted molar refractivity (Wildman–Crippen MR) is 77.5 cm³/mol. The first-order valence-electron chi connectivity index (χ1n) is 6.58. The molecule has 0 unspecified atom stereocenters. The zero-order valence-corrected chi connectivity index (χ0v) is 11.8. The molecular formula is C15H11FN4O3.